The lowest BCUT2D eigenvalue weighted by atomic mass is 10.0. The lowest BCUT2D eigenvalue weighted by Crippen LogP contribution is -2.46. The number of nitrogens with zero attached hydrogens (tertiary/aromatic N) is 1. The molecule has 138 valence electrons. The summed E-state index contributed by atoms with van der Waals surface area (Å²) in [7, 11) is -3.00. The van der Waals surface area contributed by atoms with Crippen LogP contribution >= 0.6 is 22.6 Å². The molecule has 1 amide bonds. The molecule has 1 saturated heterocycles. The van der Waals surface area contributed by atoms with Gasteiger partial charge in [-0.2, -0.15) is 0 Å². The van der Waals surface area contributed by atoms with Crippen molar-refractivity contribution in [3.8, 4) is 0 Å². The number of hydrogen-bond acceptors (Lipinski definition) is 4. The van der Waals surface area contributed by atoms with Crippen molar-refractivity contribution in [2.24, 2.45) is 0 Å². The fourth-order valence-corrected chi connectivity index (χ4v) is 4.99. The first-order chi connectivity index (χ1) is 12.4. The molecule has 1 heterocycles. The molecule has 1 N–H and O–H groups in total. The number of carbonyl (C=O) groups excluding carboxylic acids is 1. The van der Waals surface area contributed by atoms with Gasteiger partial charge in [-0.15, -0.1) is 0 Å². The molecule has 0 aliphatic carbocycles. The molecule has 2 aromatic rings. The minimum Gasteiger partial charge on any atom is -0.324 e. The second-order valence-electron chi connectivity index (χ2n) is 6.45. The molecule has 7 heteroatoms. The molecule has 5 nitrogen and oxygen atoms in total. The third-order valence-electron chi connectivity index (χ3n) is 4.55. The van der Waals surface area contributed by atoms with E-state index in [9.17, 15) is 13.2 Å². The highest BCUT2D eigenvalue weighted by Gasteiger charge is 2.32. The van der Waals surface area contributed by atoms with Crippen LogP contribution in [0.4, 0.5) is 5.69 Å². The lowest BCUT2D eigenvalue weighted by molar-refractivity contribution is -0.121. The summed E-state index contributed by atoms with van der Waals surface area (Å²) in [5.74, 6) is 0.0398. The van der Waals surface area contributed by atoms with Crippen molar-refractivity contribution in [3.63, 3.8) is 0 Å². The van der Waals surface area contributed by atoms with Gasteiger partial charge in [-0.25, -0.2) is 8.42 Å². The molecule has 2 aromatic carbocycles. The average molecular weight is 484 g/mol. The maximum Gasteiger partial charge on any atom is 0.246 e. The van der Waals surface area contributed by atoms with Gasteiger partial charge in [0.25, 0.3) is 0 Å². The van der Waals surface area contributed by atoms with E-state index >= 15 is 0 Å². The summed E-state index contributed by atoms with van der Waals surface area (Å²) in [6.45, 7) is 2.69. The van der Waals surface area contributed by atoms with Crippen LogP contribution in [-0.4, -0.2) is 43.8 Å². The summed E-state index contributed by atoms with van der Waals surface area (Å²) < 4.78 is 24.6. The molecule has 0 saturated carbocycles. The van der Waals surface area contributed by atoms with E-state index < -0.39 is 15.9 Å². The van der Waals surface area contributed by atoms with Crippen LogP contribution in [-0.2, 0) is 14.6 Å². The number of halogens is 1. The van der Waals surface area contributed by atoms with E-state index in [0.29, 0.717) is 13.1 Å². The standard InChI is InChI=1S/C19H21IN2O3S/c1-14-13-16(20)7-8-17(14)21-19(23)18(15-5-3-2-4-6-15)22-9-11-26(24,25)12-10-22/h2-8,13,18H,9-12H2,1H3,(H,21,23). The Morgan fingerprint density at radius 1 is 1.12 bits per heavy atom. The van der Waals surface area contributed by atoms with E-state index in [2.05, 4.69) is 27.9 Å². The van der Waals surface area contributed by atoms with Crippen molar-refractivity contribution in [2.45, 2.75) is 13.0 Å². The van der Waals surface area contributed by atoms with Crippen molar-refractivity contribution in [2.75, 3.05) is 29.9 Å². The molecule has 1 aliphatic heterocycles. The number of sulfone groups is 1. The van der Waals surface area contributed by atoms with E-state index in [0.717, 1.165) is 20.4 Å². The normalized spacial score (nSPS) is 18.2. The second-order valence-corrected chi connectivity index (χ2v) is 10.00. The van der Waals surface area contributed by atoms with Gasteiger partial charge in [0.15, 0.2) is 9.84 Å². The smallest absolute Gasteiger partial charge is 0.246 e. The number of anilines is 1. The van der Waals surface area contributed by atoms with E-state index in [1.807, 2.05) is 60.4 Å². The maximum absolute atomic E-state index is 13.1. The second kappa shape index (κ2) is 8.06. The first-order valence-corrected chi connectivity index (χ1v) is 11.3. The van der Waals surface area contributed by atoms with Crippen LogP contribution in [0.3, 0.4) is 0 Å². The average Bonchev–Trinajstić information content (AvgIpc) is 2.60. The van der Waals surface area contributed by atoms with E-state index in [1.54, 1.807) is 0 Å². The van der Waals surface area contributed by atoms with Crippen LogP contribution in [0.5, 0.6) is 0 Å². The summed E-state index contributed by atoms with van der Waals surface area (Å²) in [5, 5.41) is 3.02. The fourth-order valence-electron chi connectivity index (χ4n) is 3.12. The Morgan fingerprint density at radius 3 is 2.38 bits per heavy atom. The van der Waals surface area contributed by atoms with Crippen LogP contribution in [0, 0.1) is 10.5 Å². The predicted octanol–water partition coefficient (Wildman–Crippen LogP) is 3.01. The van der Waals surface area contributed by atoms with Gasteiger partial charge in [0.2, 0.25) is 5.91 Å². The summed E-state index contributed by atoms with van der Waals surface area (Å²) in [6.07, 6.45) is 0. The predicted molar refractivity (Wildman–Crippen MR) is 112 cm³/mol. The number of rotatable bonds is 4. The number of amides is 1. The van der Waals surface area contributed by atoms with E-state index in [1.165, 1.54) is 0 Å². The largest absolute Gasteiger partial charge is 0.324 e. The Hall–Kier alpha value is -1.45. The lowest BCUT2D eigenvalue weighted by Gasteiger charge is -2.33. The minimum absolute atomic E-state index is 0.0895. The number of nitrogens with one attached hydrogen (secondary N) is 1. The van der Waals surface area contributed by atoms with Gasteiger partial charge in [0.1, 0.15) is 6.04 Å². The molecule has 0 aromatic heterocycles. The van der Waals surface area contributed by atoms with Crippen LogP contribution in [0.2, 0.25) is 0 Å². The molecule has 0 spiro atoms. The molecule has 26 heavy (non-hydrogen) atoms. The molecule has 0 bridgehead atoms. The molecule has 1 aliphatic rings. The Labute approximate surface area is 167 Å². The van der Waals surface area contributed by atoms with Crippen LogP contribution in [0.25, 0.3) is 0 Å². The van der Waals surface area contributed by atoms with Gasteiger partial charge in [0, 0.05) is 22.3 Å². The number of aryl methyl sites for hydroxylation is 1. The Morgan fingerprint density at radius 2 is 1.77 bits per heavy atom. The van der Waals surface area contributed by atoms with Gasteiger partial charge in [-0.1, -0.05) is 30.3 Å². The van der Waals surface area contributed by atoms with Gasteiger partial charge in [0.05, 0.1) is 11.5 Å². The highest BCUT2D eigenvalue weighted by molar-refractivity contribution is 14.1. The summed E-state index contributed by atoms with van der Waals surface area (Å²) in [4.78, 5) is 15.1. The SMILES string of the molecule is Cc1cc(I)ccc1NC(=O)C(c1ccccc1)N1CCS(=O)(=O)CC1. The third-order valence-corrected chi connectivity index (χ3v) is 6.83. The highest BCUT2D eigenvalue weighted by Crippen LogP contribution is 2.26. The Kier molecular flexibility index (Phi) is 5.99. The van der Waals surface area contributed by atoms with Gasteiger partial charge in [-0.05, 0) is 58.8 Å². The number of hydrogen-bond donors (Lipinski definition) is 1. The first kappa shape index (κ1) is 19.3. The molecular weight excluding hydrogens is 463 g/mol. The van der Waals surface area contributed by atoms with E-state index in [4.69, 9.17) is 0 Å². The van der Waals surface area contributed by atoms with Crippen molar-refractivity contribution in [1.29, 1.82) is 0 Å². The van der Waals surface area contributed by atoms with Crippen molar-refractivity contribution in [1.82, 2.24) is 4.90 Å². The highest BCUT2D eigenvalue weighted by atomic mass is 127. The van der Waals surface area contributed by atoms with Crippen LogP contribution < -0.4 is 5.32 Å². The minimum atomic E-state index is -3.00. The zero-order valence-corrected chi connectivity index (χ0v) is 17.5. The van der Waals surface area contributed by atoms with Crippen molar-refractivity contribution >= 4 is 44.0 Å². The molecule has 3 rings (SSSR count). The topological polar surface area (TPSA) is 66.5 Å². The van der Waals surface area contributed by atoms with Crippen molar-refractivity contribution < 1.29 is 13.2 Å². The zero-order valence-electron chi connectivity index (χ0n) is 14.5. The van der Waals surface area contributed by atoms with Crippen molar-refractivity contribution in [3.05, 3.63) is 63.2 Å². The molecule has 1 atom stereocenters. The summed E-state index contributed by atoms with van der Waals surface area (Å²) >= 11 is 2.24. The summed E-state index contributed by atoms with van der Waals surface area (Å²) in [6, 6.07) is 14.9. The van der Waals surface area contributed by atoms with E-state index in [-0.39, 0.29) is 17.4 Å². The van der Waals surface area contributed by atoms with Crippen LogP contribution in [0.1, 0.15) is 17.2 Å². The number of carbonyl (C=O) groups is 1. The zero-order chi connectivity index (χ0) is 18.7. The van der Waals surface area contributed by atoms with Gasteiger partial charge < -0.3 is 5.32 Å². The third kappa shape index (κ3) is 4.63. The molecule has 1 unspecified atom stereocenters. The summed E-state index contributed by atoms with van der Waals surface area (Å²) in [5.41, 5.74) is 2.65. The number of benzene rings is 2. The molecule has 0 radical (unpaired) electrons. The maximum atomic E-state index is 13.1. The molecule has 1 fully saturated rings. The Balaban J connectivity index is 1.87. The van der Waals surface area contributed by atoms with Gasteiger partial charge >= 0.3 is 0 Å². The molecular formula is C19H21IN2O3S. The first-order valence-electron chi connectivity index (χ1n) is 8.42. The Bertz CT molecular complexity index is 886. The quantitative estimate of drug-likeness (QED) is 0.678. The van der Waals surface area contributed by atoms with Gasteiger partial charge in [-0.3, -0.25) is 9.69 Å². The monoisotopic (exact) mass is 484 g/mol. The fraction of sp³-hybridized carbons (Fsp3) is 0.316. The van der Waals surface area contributed by atoms with Crippen LogP contribution in [0.15, 0.2) is 48.5 Å².